The van der Waals surface area contributed by atoms with Gasteiger partial charge in [0.2, 0.25) is 0 Å². The number of aliphatic imine (C=N–C) groups is 1. The highest BCUT2D eigenvalue weighted by molar-refractivity contribution is 5.92. The molecule has 5 nitrogen and oxygen atoms in total. The van der Waals surface area contributed by atoms with E-state index < -0.39 is 0 Å². The van der Waals surface area contributed by atoms with Crippen molar-refractivity contribution in [3.05, 3.63) is 11.9 Å². The van der Waals surface area contributed by atoms with Gasteiger partial charge in [0.15, 0.2) is 5.96 Å². The van der Waals surface area contributed by atoms with E-state index in [1.807, 2.05) is 13.2 Å². The molecule has 3 N–H and O–H groups in total. The summed E-state index contributed by atoms with van der Waals surface area (Å²) in [5, 5.41) is 7.51. The summed E-state index contributed by atoms with van der Waals surface area (Å²) in [4.78, 5) is 4.50. The van der Waals surface area contributed by atoms with Crippen LogP contribution in [0.2, 0.25) is 0 Å². The number of rotatable bonds is 3. The minimum Gasteiger partial charge on any atom is -0.370 e. The second kappa shape index (κ2) is 5.21. The van der Waals surface area contributed by atoms with Gasteiger partial charge in [-0.1, -0.05) is 19.8 Å². The molecule has 1 aromatic heterocycles. The van der Waals surface area contributed by atoms with Crippen molar-refractivity contribution in [2.75, 3.05) is 5.32 Å². The van der Waals surface area contributed by atoms with E-state index in [0.29, 0.717) is 12.0 Å². The summed E-state index contributed by atoms with van der Waals surface area (Å²) in [5.41, 5.74) is 7.91. The van der Waals surface area contributed by atoms with E-state index in [4.69, 9.17) is 5.73 Å². The van der Waals surface area contributed by atoms with Gasteiger partial charge in [0, 0.05) is 13.2 Å². The maximum absolute atomic E-state index is 5.92. The van der Waals surface area contributed by atoms with Crippen molar-refractivity contribution in [2.45, 2.75) is 45.1 Å². The molecule has 1 aliphatic carbocycles. The predicted octanol–water partition coefficient (Wildman–Crippen LogP) is 1.65. The maximum Gasteiger partial charge on any atom is 0.193 e. The first-order chi connectivity index (χ1) is 8.19. The number of nitrogens with zero attached hydrogens (tertiary/aromatic N) is 3. The van der Waals surface area contributed by atoms with Crippen molar-refractivity contribution in [1.29, 1.82) is 0 Å². The fourth-order valence-corrected chi connectivity index (χ4v) is 2.30. The molecule has 94 valence electrons. The van der Waals surface area contributed by atoms with E-state index in [1.54, 1.807) is 4.68 Å². The maximum atomic E-state index is 5.92. The van der Waals surface area contributed by atoms with Crippen LogP contribution in [0, 0.1) is 0 Å². The van der Waals surface area contributed by atoms with E-state index in [-0.39, 0.29) is 0 Å². The minimum atomic E-state index is 0.407. The molecule has 17 heavy (non-hydrogen) atoms. The van der Waals surface area contributed by atoms with Crippen molar-refractivity contribution in [1.82, 2.24) is 9.78 Å². The molecule has 1 saturated carbocycles. The number of nitrogens with two attached hydrogens (primary N) is 1. The molecule has 0 radical (unpaired) electrons. The monoisotopic (exact) mass is 235 g/mol. The fraction of sp³-hybridized carbons (Fsp3) is 0.667. The molecule has 1 heterocycles. The van der Waals surface area contributed by atoms with Crippen LogP contribution in [-0.2, 0) is 13.5 Å². The van der Waals surface area contributed by atoms with Gasteiger partial charge >= 0.3 is 0 Å². The topological polar surface area (TPSA) is 68.2 Å². The number of guanidine groups is 1. The Labute approximate surface area is 102 Å². The minimum absolute atomic E-state index is 0.407. The molecular formula is C12H21N5. The number of hydrogen-bond acceptors (Lipinski definition) is 2. The Kier molecular flexibility index (Phi) is 3.66. The fourth-order valence-electron chi connectivity index (χ4n) is 2.30. The zero-order valence-corrected chi connectivity index (χ0v) is 10.6. The summed E-state index contributed by atoms with van der Waals surface area (Å²) in [6.07, 6.45) is 7.70. The standard InChI is InChI=1S/C12H21N5/c1-3-10-11(8-17(2)16-10)15-12(13)14-9-6-4-5-7-9/h8-9H,3-7H2,1-2H3,(H3,13,14,15). The summed E-state index contributed by atoms with van der Waals surface area (Å²) in [6, 6.07) is 0.407. The highest BCUT2D eigenvalue weighted by atomic mass is 15.3. The number of hydrogen-bond donors (Lipinski definition) is 2. The molecule has 0 saturated heterocycles. The SMILES string of the molecule is CCc1nn(C)cc1NC(N)=NC1CCCC1. The average Bonchev–Trinajstić information content (AvgIpc) is 2.88. The van der Waals surface area contributed by atoms with Gasteiger partial charge in [-0.2, -0.15) is 5.10 Å². The molecule has 0 aliphatic heterocycles. The van der Waals surface area contributed by atoms with Crippen LogP contribution in [-0.4, -0.2) is 21.8 Å². The normalized spacial score (nSPS) is 17.6. The van der Waals surface area contributed by atoms with Gasteiger partial charge in [-0.05, 0) is 19.3 Å². The Hall–Kier alpha value is -1.52. The highest BCUT2D eigenvalue weighted by Crippen LogP contribution is 2.21. The van der Waals surface area contributed by atoms with Gasteiger partial charge in [-0.3, -0.25) is 4.68 Å². The van der Waals surface area contributed by atoms with Gasteiger partial charge in [-0.25, -0.2) is 4.99 Å². The van der Waals surface area contributed by atoms with Gasteiger partial charge in [0.25, 0.3) is 0 Å². The molecule has 0 spiro atoms. The third-order valence-corrected chi connectivity index (χ3v) is 3.15. The Morgan fingerprint density at radius 3 is 2.94 bits per heavy atom. The quantitative estimate of drug-likeness (QED) is 0.618. The van der Waals surface area contributed by atoms with Crippen LogP contribution < -0.4 is 11.1 Å². The molecule has 0 atom stereocenters. The van der Waals surface area contributed by atoms with Crippen molar-refractivity contribution < 1.29 is 0 Å². The molecule has 0 bridgehead atoms. The first kappa shape index (κ1) is 12.0. The third-order valence-electron chi connectivity index (χ3n) is 3.15. The summed E-state index contributed by atoms with van der Waals surface area (Å²) < 4.78 is 1.80. The molecule has 0 unspecified atom stereocenters. The van der Waals surface area contributed by atoms with Crippen LogP contribution in [0.5, 0.6) is 0 Å². The van der Waals surface area contributed by atoms with Gasteiger partial charge in [0.1, 0.15) is 0 Å². The van der Waals surface area contributed by atoms with E-state index in [1.165, 1.54) is 12.8 Å². The summed E-state index contributed by atoms with van der Waals surface area (Å²) >= 11 is 0. The van der Waals surface area contributed by atoms with E-state index in [0.717, 1.165) is 30.6 Å². The Balaban J connectivity index is 2.03. The zero-order chi connectivity index (χ0) is 12.3. The predicted molar refractivity (Wildman–Crippen MR) is 70.1 cm³/mol. The van der Waals surface area contributed by atoms with E-state index in [9.17, 15) is 0 Å². The summed E-state index contributed by atoms with van der Waals surface area (Å²) in [6.45, 7) is 2.08. The van der Waals surface area contributed by atoms with Crippen LogP contribution in [0.4, 0.5) is 5.69 Å². The van der Waals surface area contributed by atoms with Gasteiger partial charge in [0.05, 0.1) is 17.4 Å². The van der Waals surface area contributed by atoms with Crippen LogP contribution in [0.1, 0.15) is 38.3 Å². The van der Waals surface area contributed by atoms with Crippen molar-refractivity contribution >= 4 is 11.6 Å². The first-order valence-corrected chi connectivity index (χ1v) is 6.32. The van der Waals surface area contributed by atoms with Crippen LogP contribution in [0.15, 0.2) is 11.2 Å². The molecule has 0 amide bonds. The average molecular weight is 235 g/mol. The van der Waals surface area contributed by atoms with Crippen LogP contribution in [0.25, 0.3) is 0 Å². The lowest BCUT2D eigenvalue weighted by molar-refractivity contribution is 0.705. The summed E-state index contributed by atoms with van der Waals surface area (Å²) in [7, 11) is 1.91. The van der Waals surface area contributed by atoms with E-state index in [2.05, 4.69) is 22.3 Å². The molecule has 0 aromatic carbocycles. The lowest BCUT2D eigenvalue weighted by Crippen LogP contribution is -2.24. The van der Waals surface area contributed by atoms with Crippen molar-refractivity contribution in [3.8, 4) is 0 Å². The lowest BCUT2D eigenvalue weighted by atomic mass is 10.3. The molecule has 1 aromatic rings. The Morgan fingerprint density at radius 2 is 2.29 bits per heavy atom. The van der Waals surface area contributed by atoms with Gasteiger partial charge < -0.3 is 11.1 Å². The second-order valence-corrected chi connectivity index (χ2v) is 4.59. The van der Waals surface area contributed by atoms with E-state index >= 15 is 0 Å². The molecule has 5 heteroatoms. The third kappa shape index (κ3) is 2.99. The Bertz CT molecular complexity index is 401. The second-order valence-electron chi connectivity index (χ2n) is 4.59. The zero-order valence-electron chi connectivity index (χ0n) is 10.6. The smallest absolute Gasteiger partial charge is 0.193 e. The van der Waals surface area contributed by atoms with Gasteiger partial charge in [-0.15, -0.1) is 0 Å². The van der Waals surface area contributed by atoms with Crippen LogP contribution >= 0.6 is 0 Å². The van der Waals surface area contributed by atoms with Crippen molar-refractivity contribution in [3.63, 3.8) is 0 Å². The molecule has 1 fully saturated rings. The highest BCUT2D eigenvalue weighted by Gasteiger charge is 2.14. The summed E-state index contributed by atoms with van der Waals surface area (Å²) in [5.74, 6) is 0.514. The molecule has 1 aliphatic rings. The number of anilines is 1. The number of aromatic nitrogens is 2. The van der Waals surface area contributed by atoms with Crippen molar-refractivity contribution in [2.24, 2.45) is 17.8 Å². The lowest BCUT2D eigenvalue weighted by Gasteiger charge is -2.07. The van der Waals surface area contributed by atoms with Crippen LogP contribution in [0.3, 0.4) is 0 Å². The molecular weight excluding hydrogens is 214 g/mol. The number of nitrogens with one attached hydrogen (secondary N) is 1. The first-order valence-electron chi connectivity index (χ1n) is 6.32. The molecule has 2 rings (SSSR count). The largest absolute Gasteiger partial charge is 0.370 e. The number of aryl methyl sites for hydroxylation is 2. The Morgan fingerprint density at radius 1 is 1.59 bits per heavy atom.